The third kappa shape index (κ3) is 6.21. The Labute approximate surface area is 149 Å². The van der Waals surface area contributed by atoms with Gasteiger partial charge in [0.15, 0.2) is 0 Å². The molecule has 0 unspecified atom stereocenters. The van der Waals surface area contributed by atoms with Crippen molar-refractivity contribution >= 4 is 17.9 Å². The zero-order chi connectivity index (χ0) is 18.1. The number of nitrogens with one attached hydrogen (secondary N) is 3. The van der Waals surface area contributed by atoms with E-state index in [2.05, 4.69) is 16.0 Å². The molecule has 0 bridgehead atoms. The SMILES string of the molecule is O=C(CCCNC(=O)NC1CCCCC1)NC1(C(=O)O)CCCCC1. The summed E-state index contributed by atoms with van der Waals surface area (Å²) in [6.07, 6.45) is 10.0. The van der Waals surface area contributed by atoms with E-state index in [-0.39, 0.29) is 24.4 Å². The summed E-state index contributed by atoms with van der Waals surface area (Å²) in [4.78, 5) is 35.4. The van der Waals surface area contributed by atoms with Gasteiger partial charge in [0.05, 0.1) is 0 Å². The lowest BCUT2D eigenvalue weighted by Crippen LogP contribution is -2.55. The largest absolute Gasteiger partial charge is 0.480 e. The Bertz CT molecular complexity index is 469. The zero-order valence-corrected chi connectivity index (χ0v) is 14.9. The minimum atomic E-state index is -1.10. The highest BCUT2D eigenvalue weighted by Gasteiger charge is 2.40. The molecule has 7 nitrogen and oxygen atoms in total. The molecule has 2 aliphatic carbocycles. The number of rotatable bonds is 7. The van der Waals surface area contributed by atoms with Crippen LogP contribution in [0.3, 0.4) is 0 Å². The first kappa shape index (κ1) is 19.5. The Morgan fingerprint density at radius 3 is 2.24 bits per heavy atom. The smallest absolute Gasteiger partial charge is 0.329 e. The van der Waals surface area contributed by atoms with Crippen LogP contribution in [0.1, 0.15) is 77.0 Å². The highest BCUT2D eigenvalue weighted by atomic mass is 16.4. The zero-order valence-electron chi connectivity index (χ0n) is 14.9. The van der Waals surface area contributed by atoms with Crippen molar-refractivity contribution in [3.8, 4) is 0 Å². The fourth-order valence-corrected chi connectivity index (χ4v) is 3.81. The summed E-state index contributed by atoms with van der Waals surface area (Å²) in [6, 6.07) is 0.0837. The summed E-state index contributed by atoms with van der Waals surface area (Å²) in [5.74, 6) is -1.19. The molecule has 0 aromatic carbocycles. The van der Waals surface area contributed by atoms with Gasteiger partial charge in [0.2, 0.25) is 5.91 Å². The quantitative estimate of drug-likeness (QED) is 0.527. The number of carbonyl (C=O) groups excluding carboxylic acids is 2. The Kier molecular flexibility index (Phi) is 7.52. The fourth-order valence-electron chi connectivity index (χ4n) is 3.81. The van der Waals surface area contributed by atoms with E-state index in [4.69, 9.17) is 0 Å². The normalized spacial score (nSPS) is 20.5. The van der Waals surface area contributed by atoms with Crippen molar-refractivity contribution in [2.45, 2.75) is 88.6 Å². The number of hydrogen-bond acceptors (Lipinski definition) is 3. The van der Waals surface area contributed by atoms with Crippen LogP contribution in [0.4, 0.5) is 4.79 Å². The molecule has 2 rings (SSSR count). The molecule has 7 heteroatoms. The van der Waals surface area contributed by atoms with Crippen LogP contribution in [0.15, 0.2) is 0 Å². The Hall–Kier alpha value is -1.79. The monoisotopic (exact) mass is 353 g/mol. The van der Waals surface area contributed by atoms with E-state index in [0.717, 1.165) is 44.9 Å². The number of aliphatic carboxylic acids is 1. The average Bonchev–Trinajstić information content (AvgIpc) is 2.60. The third-order valence-electron chi connectivity index (χ3n) is 5.30. The molecule has 0 heterocycles. The maximum atomic E-state index is 12.1. The van der Waals surface area contributed by atoms with Crippen molar-refractivity contribution in [1.29, 1.82) is 0 Å². The van der Waals surface area contributed by atoms with Crippen LogP contribution in [0.5, 0.6) is 0 Å². The van der Waals surface area contributed by atoms with Crippen molar-refractivity contribution in [3.05, 3.63) is 0 Å². The summed E-state index contributed by atoms with van der Waals surface area (Å²) in [7, 11) is 0. The number of carbonyl (C=O) groups is 3. The molecule has 0 aliphatic heterocycles. The summed E-state index contributed by atoms with van der Waals surface area (Å²) >= 11 is 0. The van der Waals surface area contributed by atoms with E-state index in [1.807, 2.05) is 0 Å². The molecular weight excluding hydrogens is 322 g/mol. The summed E-state index contributed by atoms with van der Waals surface area (Å²) in [5, 5.41) is 17.9. The van der Waals surface area contributed by atoms with Gasteiger partial charge in [0.25, 0.3) is 0 Å². The van der Waals surface area contributed by atoms with Crippen molar-refractivity contribution in [1.82, 2.24) is 16.0 Å². The number of carboxylic acids is 1. The number of urea groups is 1. The standard InChI is InChI=1S/C18H31N3O4/c22-15(21-18(16(23)24)11-5-2-6-12-18)10-7-13-19-17(25)20-14-8-3-1-4-9-14/h14H,1-13H2,(H,21,22)(H,23,24)(H2,19,20,25). The average molecular weight is 353 g/mol. The molecule has 0 spiro atoms. The molecule has 0 atom stereocenters. The second-order valence-corrected chi connectivity index (χ2v) is 7.33. The summed E-state index contributed by atoms with van der Waals surface area (Å²) in [5.41, 5.74) is -1.10. The molecule has 142 valence electrons. The van der Waals surface area contributed by atoms with E-state index in [1.54, 1.807) is 0 Å². The van der Waals surface area contributed by atoms with Gasteiger partial charge in [-0.3, -0.25) is 4.79 Å². The predicted octanol–water partition coefficient (Wildman–Crippen LogP) is 2.30. The fraction of sp³-hybridized carbons (Fsp3) is 0.833. The van der Waals surface area contributed by atoms with Gasteiger partial charge < -0.3 is 21.1 Å². The van der Waals surface area contributed by atoms with Crippen LogP contribution in [0.25, 0.3) is 0 Å². The molecule has 4 N–H and O–H groups in total. The molecule has 2 aliphatic rings. The highest BCUT2D eigenvalue weighted by Crippen LogP contribution is 2.28. The second-order valence-electron chi connectivity index (χ2n) is 7.33. The van der Waals surface area contributed by atoms with Crippen molar-refractivity contribution in [2.24, 2.45) is 0 Å². The first-order valence-electron chi connectivity index (χ1n) is 9.61. The highest BCUT2D eigenvalue weighted by molar-refractivity contribution is 5.87. The molecular formula is C18H31N3O4. The Morgan fingerprint density at radius 1 is 0.960 bits per heavy atom. The molecule has 0 saturated heterocycles. The molecule has 0 aromatic rings. The van der Waals surface area contributed by atoms with Gasteiger partial charge in [0.1, 0.15) is 5.54 Å². The molecule has 2 saturated carbocycles. The topological polar surface area (TPSA) is 108 Å². The first-order valence-corrected chi connectivity index (χ1v) is 9.61. The van der Waals surface area contributed by atoms with Crippen LogP contribution in [-0.2, 0) is 9.59 Å². The lowest BCUT2D eigenvalue weighted by atomic mass is 9.81. The van der Waals surface area contributed by atoms with Crippen molar-refractivity contribution in [2.75, 3.05) is 6.54 Å². The molecule has 0 radical (unpaired) electrons. The maximum Gasteiger partial charge on any atom is 0.329 e. The number of carboxylic acid groups (broad SMARTS) is 1. The van der Waals surface area contributed by atoms with Gasteiger partial charge in [-0.25, -0.2) is 9.59 Å². The second kappa shape index (κ2) is 9.63. The minimum absolute atomic E-state index is 0.179. The number of amides is 3. The Balaban J connectivity index is 1.62. The van der Waals surface area contributed by atoms with E-state index in [1.165, 1.54) is 6.42 Å². The van der Waals surface area contributed by atoms with Crippen LogP contribution in [-0.4, -0.2) is 41.1 Å². The summed E-state index contributed by atoms with van der Waals surface area (Å²) < 4.78 is 0. The maximum absolute atomic E-state index is 12.1. The first-order chi connectivity index (χ1) is 12.0. The lowest BCUT2D eigenvalue weighted by molar-refractivity contribution is -0.149. The third-order valence-corrected chi connectivity index (χ3v) is 5.30. The van der Waals surface area contributed by atoms with Gasteiger partial charge in [-0.15, -0.1) is 0 Å². The van der Waals surface area contributed by atoms with Crippen LogP contribution in [0, 0.1) is 0 Å². The lowest BCUT2D eigenvalue weighted by Gasteiger charge is -2.34. The van der Waals surface area contributed by atoms with E-state index in [0.29, 0.717) is 25.8 Å². The van der Waals surface area contributed by atoms with Crippen LogP contribution >= 0.6 is 0 Å². The van der Waals surface area contributed by atoms with Crippen LogP contribution in [0.2, 0.25) is 0 Å². The van der Waals surface area contributed by atoms with Crippen molar-refractivity contribution < 1.29 is 19.5 Å². The Morgan fingerprint density at radius 2 is 1.60 bits per heavy atom. The van der Waals surface area contributed by atoms with Gasteiger partial charge in [-0.05, 0) is 32.1 Å². The van der Waals surface area contributed by atoms with E-state index >= 15 is 0 Å². The summed E-state index contributed by atoms with van der Waals surface area (Å²) in [6.45, 7) is 0.409. The predicted molar refractivity (Wildman–Crippen MR) is 94.2 cm³/mol. The van der Waals surface area contributed by atoms with Gasteiger partial charge in [-0.2, -0.15) is 0 Å². The van der Waals surface area contributed by atoms with E-state index in [9.17, 15) is 19.5 Å². The van der Waals surface area contributed by atoms with Gasteiger partial charge in [-0.1, -0.05) is 38.5 Å². The van der Waals surface area contributed by atoms with E-state index < -0.39 is 11.5 Å². The molecule has 0 aromatic heterocycles. The minimum Gasteiger partial charge on any atom is -0.480 e. The van der Waals surface area contributed by atoms with Gasteiger partial charge >= 0.3 is 12.0 Å². The molecule has 3 amide bonds. The molecule has 25 heavy (non-hydrogen) atoms. The van der Waals surface area contributed by atoms with Crippen molar-refractivity contribution in [3.63, 3.8) is 0 Å². The molecule has 2 fully saturated rings. The van der Waals surface area contributed by atoms with Gasteiger partial charge in [0, 0.05) is 19.0 Å². The number of hydrogen-bond donors (Lipinski definition) is 4. The van der Waals surface area contributed by atoms with Crippen LogP contribution < -0.4 is 16.0 Å².